The highest BCUT2D eigenvalue weighted by Gasteiger charge is 2.03. The van der Waals surface area contributed by atoms with Gasteiger partial charge < -0.3 is 14.6 Å². The molecule has 2 aromatic carbocycles. The van der Waals surface area contributed by atoms with Gasteiger partial charge in [-0.3, -0.25) is 0 Å². The lowest BCUT2D eigenvalue weighted by molar-refractivity contribution is -0.297. The van der Waals surface area contributed by atoms with Crippen molar-refractivity contribution < 1.29 is 18.3 Å². The molecule has 0 aliphatic heterocycles. The number of hydrogen-bond acceptors (Lipinski definition) is 4. The average molecular weight is 301 g/mol. The van der Waals surface area contributed by atoms with Crippen LogP contribution in [0.1, 0.15) is 5.56 Å². The second kappa shape index (κ2) is 6.23. The van der Waals surface area contributed by atoms with Crippen LogP contribution in [0.5, 0.6) is 0 Å². The maximum absolute atomic E-state index is 12.1. The summed E-state index contributed by atoms with van der Waals surface area (Å²) < 4.78 is 27.9. The maximum Gasteiger partial charge on any atom is 0.123 e. The molecule has 0 aromatic heterocycles. The number of benzene rings is 2. The topological polar surface area (TPSA) is 88.4 Å². The Kier molecular flexibility index (Phi) is 4.39. The molecule has 5 nitrogen and oxygen atoms in total. The molecule has 0 aliphatic carbocycles. The molecule has 0 saturated carbocycles. The quantitative estimate of drug-likeness (QED) is 0.788. The second-order valence-electron chi connectivity index (χ2n) is 4.13. The van der Waals surface area contributed by atoms with E-state index in [2.05, 4.69) is 4.72 Å². The molecule has 0 bridgehead atoms. The molecular weight excluding hydrogens is 290 g/mol. The number of carboxylic acids is 1. The molecule has 0 fully saturated rings. The zero-order valence-corrected chi connectivity index (χ0v) is 11.7. The largest absolute Gasteiger partial charge is 0.573 e. The zero-order chi connectivity index (χ0) is 15.3. The number of carbonyl (C=O) groups excluding carboxylic acids is 1. The van der Waals surface area contributed by atoms with Crippen LogP contribution in [0.2, 0.25) is 0 Å². The normalized spacial score (nSPS) is 11.4. The summed E-state index contributed by atoms with van der Waals surface area (Å²) >= 11 is 0. The first-order valence-electron chi connectivity index (χ1n) is 5.99. The summed E-state index contributed by atoms with van der Waals surface area (Å²) in [6, 6.07) is 14.1. The minimum Gasteiger partial charge on any atom is -0.573 e. The Morgan fingerprint density at radius 3 is 2.43 bits per heavy atom. The van der Waals surface area contributed by atoms with Crippen LogP contribution < -0.4 is 5.11 Å². The summed E-state index contributed by atoms with van der Waals surface area (Å²) in [5.74, 6) is -1.32. The van der Waals surface area contributed by atoms with E-state index in [-0.39, 0.29) is 10.6 Å². The fraction of sp³-hybridized carbons (Fsp3) is 0. The van der Waals surface area contributed by atoms with E-state index in [1.807, 2.05) is 0 Å². The van der Waals surface area contributed by atoms with Gasteiger partial charge in [-0.1, -0.05) is 48.5 Å². The van der Waals surface area contributed by atoms with Gasteiger partial charge in [-0.15, -0.1) is 5.69 Å². The van der Waals surface area contributed by atoms with Crippen molar-refractivity contribution in [3.05, 3.63) is 71.0 Å². The standard InChI is InChI=1S/C15H12NO4S/c17-15(18)10-9-12-5-4-6-13(11-12)16-21(19,20)14-7-2-1-3-8-14/h1-11H,(H,17,18)/q-1/p-1. The molecule has 2 aromatic rings. The number of rotatable bonds is 5. The van der Waals surface area contributed by atoms with Crippen molar-refractivity contribution in [2.45, 2.75) is 4.90 Å². The van der Waals surface area contributed by atoms with Gasteiger partial charge in [-0.25, -0.2) is 8.42 Å². The molecular formula is C15H11NO4S-2. The van der Waals surface area contributed by atoms with Crippen molar-refractivity contribution in [3.8, 4) is 0 Å². The van der Waals surface area contributed by atoms with Crippen LogP contribution in [-0.2, 0) is 14.8 Å². The predicted molar refractivity (Wildman–Crippen MR) is 77.1 cm³/mol. The number of carbonyl (C=O) groups is 1. The summed E-state index contributed by atoms with van der Waals surface area (Å²) in [6.45, 7) is 0. The van der Waals surface area contributed by atoms with Gasteiger partial charge in [0, 0.05) is 0 Å². The van der Waals surface area contributed by atoms with Crippen molar-refractivity contribution in [2.24, 2.45) is 0 Å². The zero-order valence-electron chi connectivity index (χ0n) is 10.8. The van der Waals surface area contributed by atoms with E-state index in [0.29, 0.717) is 5.56 Å². The third-order valence-electron chi connectivity index (χ3n) is 2.55. The van der Waals surface area contributed by atoms with Crippen molar-refractivity contribution in [2.75, 3.05) is 0 Å². The van der Waals surface area contributed by atoms with Gasteiger partial charge in [0.1, 0.15) is 10.0 Å². The molecule has 0 unspecified atom stereocenters. The van der Waals surface area contributed by atoms with Gasteiger partial charge in [0.05, 0.1) is 10.9 Å². The number of sulfonamides is 1. The van der Waals surface area contributed by atoms with Crippen molar-refractivity contribution in [3.63, 3.8) is 0 Å². The van der Waals surface area contributed by atoms with Crippen LogP contribution in [-0.4, -0.2) is 14.4 Å². The first-order chi connectivity index (χ1) is 9.97. The van der Waals surface area contributed by atoms with Crippen LogP contribution in [0.25, 0.3) is 10.8 Å². The molecule has 0 N–H and O–H groups in total. The number of hydrogen-bond donors (Lipinski definition) is 0. The Morgan fingerprint density at radius 1 is 1.05 bits per heavy atom. The number of nitrogens with zero attached hydrogens (tertiary/aromatic N) is 1. The highest BCUT2D eigenvalue weighted by Crippen LogP contribution is 2.28. The lowest BCUT2D eigenvalue weighted by Gasteiger charge is -2.22. The first kappa shape index (κ1) is 14.8. The van der Waals surface area contributed by atoms with E-state index in [1.54, 1.807) is 30.3 Å². The molecule has 0 amide bonds. The molecule has 6 heteroatoms. The average Bonchev–Trinajstić information content (AvgIpc) is 2.46. The molecule has 0 heterocycles. The molecule has 0 atom stereocenters. The van der Waals surface area contributed by atoms with E-state index < -0.39 is 16.0 Å². The van der Waals surface area contributed by atoms with Gasteiger partial charge in [0.2, 0.25) is 0 Å². The van der Waals surface area contributed by atoms with Gasteiger partial charge >= 0.3 is 0 Å². The highest BCUT2D eigenvalue weighted by atomic mass is 32.2. The summed E-state index contributed by atoms with van der Waals surface area (Å²) in [4.78, 5) is 10.5. The third kappa shape index (κ3) is 4.19. The van der Waals surface area contributed by atoms with Gasteiger partial charge in [-0.2, -0.15) is 0 Å². The van der Waals surface area contributed by atoms with Crippen LogP contribution in [0.3, 0.4) is 0 Å². The molecule has 0 spiro atoms. The summed E-state index contributed by atoms with van der Waals surface area (Å²) in [5.41, 5.74) is 0.739. The maximum atomic E-state index is 12.1. The molecule has 108 valence electrons. The van der Waals surface area contributed by atoms with E-state index >= 15 is 0 Å². The fourth-order valence-electron chi connectivity index (χ4n) is 1.63. The molecule has 21 heavy (non-hydrogen) atoms. The Balaban J connectivity index is 2.24. The molecule has 0 saturated heterocycles. The van der Waals surface area contributed by atoms with Crippen LogP contribution in [0, 0.1) is 0 Å². The molecule has 0 radical (unpaired) electrons. The minimum absolute atomic E-state index is 0.0979. The molecule has 2 rings (SSSR count). The van der Waals surface area contributed by atoms with Crippen molar-refractivity contribution >= 4 is 27.8 Å². The van der Waals surface area contributed by atoms with Crippen LogP contribution in [0.15, 0.2) is 65.6 Å². The lowest BCUT2D eigenvalue weighted by Crippen LogP contribution is -2.18. The van der Waals surface area contributed by atoms with E-state index in [0.717, 1.165) is 6.08 Å². The van der Waals surface area contributed by atoms with Crippen molar-refractivity contribution in [1.29, 1.82) is 0 Å². The number of carboxylic acid groups (broad SMARTS) is 1. The second-order valence-corrected chi connectivity index (χ2v) is 5.73. The highest BCUT2D eigenvalue weighted by molar-refractivity contribution is 7.94. The van der Waals surface area contributed by atoms with Crippen molar-refractivity contribution in [1.82, 2.24) is 0 Å². The predicted octanol–water partition coefficient (Wildman–Crippen LogP) is 1.84. The Bertz CT molecular complexity index is 767. The smallest absolute Gasteiger partial charge is 0.123 e. The fourth-order valence-corrected chi connectivity index (χ4v) is 2.63. The monoisotopic (exact) mass is 301 g/mol. The summed E-state index contributed by atoms with van der Waals surface area (Å²) in [5, 5.41) is 10.4. The SMILES string of the molecule is O=C([O-])C=Cc1cccc([N-]S(=O)(=O)c2ccccc2)c1. The minimum atomic E-state index is -3.79. The van der Waals surface area contributed by atoms with Gasteiger partial charge in [0.25, 0.3) is 0 Å². The van der Waals surface area contributed by atoms with Gasteiger partial charge in [-0.05, 0) is 23.8 Å². The number of aliphatic carboxylic acids is 1. The third-order valence-corrected chi connectivity index (χ3v) is 3.87. The van der Waals surface area contributed by atoms with Crippen LogP contribution in [0.4, 0.5) is 5.69 Å². The first-order valence-corrected chi connectivity index (χ1v) is 7.43. The van der Waals surface area contributed by atoms with E-state index in [4.69, 9.17) is 0 Å². The Labute approximate surface area is 122 Å². The summed E-state index contributed by atoms with van der Waals surface area (Å²) in [6.07, 6.45) is 2.17. The summed E-state index contributed by atoms with van der Waals surface area (Å²) in [7, 11) is -3.79. The van der Waals surface area contributed by atoms with Gasteiger partial charge in [0.15, 0.2) is 0 Å². The Hall–Kier alpha value is -2.60. The van der Waals surface area contributed by atoms with E-state index in [1.165, 1.54) is 30.3 Å². The van der Waals surface area contributed by atoms with Crippen LogP contribution >= 0.6 is 0 Å². The molecule has 0 aliphatic rings. The Morgan fingerprint density at radius 2 is 1.76 bits per heavy atom. The van der Waals surface area contributed by atoms with E-state index in [9.17, 15) is 18.3 Å². The lowest BCUT2D eigenvalue weighted by atomic mass is 10.2.